The van der Waals surface area contributed by atoms with Crippen molar-refractivity contribution >= 4 is 5.97 Å². The number of likely N-dealkylation sites (tertiary alicyclic amines) is 1. The molecular weight excluding hydrogens is 166 g/mol. The normalized spacial score (nSPS) is 33.2. The third kappa shape index (κ3) is 1.40. The van der Waals surface area contributed by atoms with Crippen molar-refractivity contribution in [2.24, 2.45) is 5.92 Å². The smallest absolute Gasteiger partial charge is 0.312 e. The molecule has 2 unspecified atom stereocenters. The second kappa shape index (κ2) is 3.75. The molecule has 0 aliphatic carbocycles. The van der Waals surface area contributed by atoms with E-state index in [0.29, 0.717) is 0 Å². The van der Waals surface area contributed by atoms with E-state index in [-0.39, 0.29) is 24.0 Å². The molecule has 0 aromatic carbocycles. The molecule has 0 saturated carbocycles. The first-order chi connectivity index (χ1) is 6.17. The molecular formula is C10H15NO2. The number of likely N-dealkylation sites (N-methyl/N-ethyl adjacent to an activating group) is 1. The first-order valence-electron chi connectivity index (χ1n) is 4.22. The largest absolute Gasteiger partial charge is 0.469 e. The van der Waals surface area contributed by atoms with Gasteiger partial charge < -0.3 is 4.74 Å². The number of hydrogen-bond donors (Lipinski definition) is 0. The Morgan fingerprint density at radius 3 is 2.15 bits per heavy atom. The highest BCUT2D eigenvalue weighted by molar-refractivity contribution is 5.76. The zero-order valence-corrected chi connectivity index (χ0v) is 8.06. The van der Waals surface area contributed by atoms with Gasteiger partial charge in [0.25, 0.3) is 0 Å². The predicted octanol–water partition coefficient (Wildman–Crippen LogP) is 0.830. The summed E-state index contributed by atoms with van der Waals surface area (Å²) in [7, 11) is 3.35. The van der Waals surface area contributed by atoms with Crippen molar-refractivity contribution in [2.75, 3.05) is 14.2 Å². The molecule has 0 spiro atoms. The zero-order chi connectivity index (χ0) is 10.0. The summed E-state index contributed by atoms with van der Waals surface area (Å²) in [5.74, 6) is -0.321. The highest BCUT2D eigenvalue weighted by Crippen LogP contribution is 2.33. The Morgan fingerprint density at radius 1 is 1.38 bits per heavy atom. The van der Waals surface area contributed by atoms with Gasteiger partial charge in [0, 0.05) is 12.1 Å². The van der Waals surface area contributed by atoms with Crippen LogP contribution in [0.2, 0.25) is 0 Å². The van der Waals surface area contributed by atoms with Crippen molar-refractivity contribution in [1.82, 2.24) is 4.90 Å². The highest BCUT2D eigenvalue weighted by Gasteiger charge is 2.47. The molecule has 0 aromatic heterocycles. The monoisotopic (exact) mass is 181 g/mol. The summed E-state index contributed by atoms with van der Waals surface area (Å²) in [5.41, 5.74) is 0. The van der Waals surface area contributed by atoms with Crippen LogP contribution in [-0.2, 0) is 9.53 Å². The highest BCUT2D eigenvalue weighted by atomic mass is 16.5. The number of esters is 1. The summed E-state index contributed by atoms with van der Waals surface area (Å²) in [6, 6.07) is 0.158. The molecule has 72 valence electrons. The molecule has 1 aliphatic rings. The number of nitrogens with zero attached hydrogens (tertiary/aromatic N) is 1. The van der Waals surface area contributed by atoms with E-state index in [1.807, 2.05) is 11.9 Å². The molecule has 0 bridgehead atoms. The van der Waals surface area contributed by atoms with Crippen LogP contribution in [0.3, 0.4) is 0 Å². The molecule has 0 N–H and O–H groups in total. The van der Waals surface area contributed by atoms with E-state index >= 15 is 0 Å². The zero-order valence-electron chi connectivity index (χ0n) is 8.06. The van der Waals surface area contributed by atoms with Crippen molar-refractivity contribution in [3.8, 4) is 0 Å². The summed E-state index contributed by atoms with van der Waals surface area (Å²) < 4.78 is 4.71. The van der Waals surface area contributed by atoms with Crippen molar-refractivity contribution < 1.29 is 9.53 Å². The number of hydrogen-bond acceptors (Lipinski definition) is 3. The summed E-state index contributed by atoms with van der Waals surface area (Å²) in [6.07, 6.45) is 3.53. The molecule has 0 aromatic rings. The average Bonchev–Trinajstić information content (AvgIpc) is 2.14. The van der Waals surface area contributed by atoms with Crippen LogP contribution in [0.25, 0.3) is 0 Å². The maximum absolute atomic E-state index is 11.3. The summed E-state index contributed by atoms with van der Waals surface area (Å²) >= 11 is 0. The van der Waals surface area contributed by atoms with E-state index in [4.69, 9.17) is 4.74 Å². The molecule has 0 radical (unpaired) electrons. The van der Waals surface area contributed by atoms with E-state index in [2.05, 4.69) is 13.2 Å². The van der Waals surface area contributed by atoms with Gasteiger partial charge in [0.2, 0.25) is 0 Å². The topological polar surface area (TPSA) is 29.5 Å². The number of ether oxygens (including phenoxy) is 1. The lowest BCUT2D eigenvalue weighted by Crippen LogP contribution is -2.63. The van der Waals surface area contributed by atoms with E-state index in [1.54, 1.807) is 12.2 Å². The Labute approximate surface area is 78.7 Å². The minimum atomic E-state index is -0.187. The van der Waals surface area contributed by atoms with Gasteiger partial charge >= 0.3 is 5.97 Å². The molecule has 0 amide bonds. The lowest BCUT2D eigenvalue weighted by molar-refractivity contribution is -0.156. The molecule has 1 saturated heterocycles. The van der Waals surface area contributed by atoms with Gasteiger partial charge in [-0.15, -0.1) is 13.2 Å². The number of carbonyl (C=O) groups is 1. The predicted molar refractivity (Wildman–Crippen MR) is 51.2 cm³/mol. The molecule has 1 rings (SSSR count). The van der Waals surface area contributed by atoms with Gasteiger partial charge in [-0.3, -0.25) is 9.69 Å². The maximum Gasteiger partial charge on any atom is 0.312 e. The average molecular weight is 181 g/mol. The Kier molecular flexibility index (Phi) is 2.88. The maximum atomic E-state index is 11.3. The fourth-order valence-electron chi connectivity index (χ4n) is 1.85. The van der Waals surface area contributed by atoms with Crippen molar-refractivity contribution in [1.29, 1.82) is 0 Å². The van der Waals surface area contributed by atoms with Crippen LogP contribution in [0.4, 0.5) is 0 Å². The van der Waals surface area contributed by atoms with E-state index in [9.17, 15) is 4.79 Å². The van der Waals surface area contributed by atoms with E-state index in [1.165, 1.54) is 7.11 Å². The Hall–Kier alpha value is -1.09. The van der Waals surface area contributed by atoms with E-state index in [0.717, 1.165) is 0 Å². The van der Waals surface area contributed by atoms with E-state index < -0.39 is 0 Å². The van der Waals surface area contributed by atoms with Gasteiger partial charge in [-0.25, -0.2) is 0 Å². The number of rotatable bonds is 3. The van der Waals surface area contributed by atoms with Crippen LogP contribution in [0, 0.1) is 5.92 Å². The fourth-order valence-corrected chi connectivity index (χ4v) is 1.85. The first kappa shape index (κ1) is 9.99. The Balaban J connectivity index is 2.75. The minimum absolute atomic E-state index is 0.0791. The van der Waals surface area contributed by atoms with Crippen molar-refractivity contribution in [3.05, 3.63) is 25.3 Å². The summed E-state index contributed by atoms with van der Waals surface area (Å²) in [4.78, 5) is 13.4. The third-order valence-corrected chi connectivity index (χ3v) is 2.63. The van der Waals surface area contributed by atoms with Gasteiger partial charge in [-0.1, -0.05) is 12.2 Å². The molecule has 3 heteroatoms. The van der Waals surface area contributed by atoms with Gasteiger partial charge in [0.1, 0.15) is 0 Å². The SMILES string of the molecule is C=CC1C(C(=O)OC)C(C=C)N1C. The van der Waals surface area contributed by atoms with Gasteiger partial charge in [0.15, 0.2) is 0 Å². The standard InChI is InChI=1S/C10H15NO2/c1-5-7-9(10(12)13-4)8(6-2)11(7)3/h5-9H,1-2H2,3-4H3. The quantitative estimate of drug-likeness (QED) is 0.477. The fraction of sp³-hybridized carbons (Fsp3) is 0.500. The van der Waals surface area contributed by atoms with Crippen molar-refractivity contribution in [3.63, 3.8) is 0 Å². The summed E-state index contributed by atoms with van der Waals surface area (Å²) in [6.45, 7) is 7.37. The minimum Gasteiger partial charge on any atom is -0.469 e. The Morgan fingerprint density at radius 2 is 1.85 bits per heavy atom. The second-order valence-electron chi connectivity index (χ2n) is 3.17. The number of methoxy groups -OCH3 is 1. The summed E-state index contributed by atoms with van der Waals surface area (Å²) in [5, 5.41) is 0. The van der Waals surface area contributed by atoms with Gasteiger partial charge in [-0.05, 0) is 7.05 Å². The first-order valence-corrected chi connectivity index (χ1v) is 4.22. The Bertz CT molecular complexity index is 221. The van der Waals surface area contributed by atoms with Gasteiger partial charge in [0.05, 0.1) is 13.0 Å². The molecule has 2 atom stereocenters. The van der Waals surface area contributed by atoms with Crippen LogP contribution in [-0.4, -0.2) is 37.1 Å². The van der Waals surface area contributed by atoms with Crippen LogP contribution >= 0.6 is 0 Å². The van der Waals surface area contributed by atoms with Crippen LogP contribution < -0.4 is 0 Å². The molecule has 1 fully saturated rings. The molecule has 3 nitrogen and oxygen atoms in total. The van der Waals surface area contributed by atoms with Crippen LogP contribution in [0.1, 0.15) is 0 Å². The van der Waals surface area contributed by atoms with Crippen LogP contribution in [0.5, 0.6) is 0 Å². The molecule has 1 heterocycles. The molecule has 1 aliphatic heterocycles. The third-order valence-electron chi connectivity index (χ3n) is 2.63. The van der Waals surface area contributed by atoms with Crippen LogP contribution in [0.15, 0.2) is 25.3 Å². The molecule has 13 heavy (non-hydrogen) atoms. The lowest BCUT2D eigenvalue weighted by Gasteiger charge is -2.49. The van der Waals surface area contributed by atoms with Crippen molar-refractivity contribution in [2.45, 2.75) is 12.1 Å². The lowest BCUT2D eigenvalue weighted by atomic mass is 9.80. The second-order valence-corrected chi connectivity index (χ2v) is 3.17. The van der Waals surface area contributed by atoms with Gasteiger partial charge in [-0.2, -0.15) is 0 Å². The number of carbonyl (C=O) groups excluding carboxylic acids is 1.